The van der Waals surface area contributed by atoms with Crippen molar-refractivity contribution in [2.24, 2.45) is 0 Å². The summed E-state index contributed by atoms with van der Waals surface area (Å²) in [6.45, 7) is 8.33. The number of pyridine rings is 1. The highest BCUT2D eigenvalue weighted by atomic mass is 16.7. The Hall–Kier alpha value is -2.43. The van der Waals surface area contributed by atoms with E-state index >= 15 is 0 Å². The van der Waals surface area contributed by atoms with Crippen molar-refractivity contribution in [3.8, 4) is 0 Å². The van der Waals surface area contributed by atoms with Crippen LogP contribution < -0.4 is 5.46 Å². The number of hydrogen-bond acceptors (Lipinski definition) is 3. The molecular weight excluding hydrogens is 333 g/mol. The van der Waals surface area contributed by atoms with Crippen molar-refractivity contribution >= 4 is 45.0 Å². The van der Waals surface area contributed by atoms with Crippen LogP contribution in [0.3, 0.4) is 0 Å². The average Bonchev–Trinajstić information content (AvgIpc) is 2.88. The Morgan fingerprint density at radius 2 is 1.44 bits per heavy atom. The van der Waals surface area contributed by atoms with Gasteiger partial charge in [-0.05, 0) is 55.3 Å². The minimum atomic E-state index is -0.434. The average molecular weight is 355 g/mol. The van der Waals surface area contributed by atoms with Gasteiger partial charge in [-0.1, -0.05) is 48.5 Å². The van der Waals surface area contributed by atoms with Crippen LogP contribution in [0.2, 0.25) is 0 Å². The van der Waals surface area contributed by atoms with E-state index in [1.807, 2.05) is 12.3 Å². The summed E-state index contributed by atoms with van der Waals surface area (Å²) in [6.07, 6.45) is 1.84. The Morgan fingerprint density at radius 1 is 0.741 bits per heavy atom. The quantitative estimate of drug-likeness (QED) is 0.362. The van der Waals surface area contributed by atoms with Gasteiger partial charge in [0, 0.05) is 17.0 Å². The van der Waals surface area contributed by atoms with Crippen molar-refractivity contribution in [3.63, 3.8) is 0 Å². The van der Waals surface area contributed by atoms with Gasteiger partial charge >= 0.3 is 7.12 Å². The molecule has 0 bridgehead atoms. The third-order valence-corrected chi connectivity index (χ3v) is 6.15. The third kappa shape index (κ3) is 2.40. The lowest BCUT2D eigenvalue weighted by atomic mass is 9.76. The van der Waals surface area contributed by atoms with Crippen LogP contribution in [0.25, 0.3) is 32.4 Å². The van der Waals surface area contributed by atoms with Gasteiger partial charge < -0.3 is 9.31 Å². The first kappa shape index (κ1) is 16.7. The van der Waals surface area contributed by atoms with Crippen LogP contribution in [0.1, 0.15) is 27.7 Å². The maximum atomic E-state index is 6.36. The molecule has 3 aromatic carbocycles. The standard InChI is InChI=1S/C23H22BNO2/c1-22(2)23(3,4)27-24(26-22)20-14-19-16-9-6-5-8-15(16)11-12-17(19)18-10-7-13-25-21(18)20/h5-14H,1-4H3. The predicted molar refractivity (Wildman–Crippen MR) is 112 cm³/mol. The van der Waals surface area contributed by atoms with Gasteiger partial charge in [-0.2, -0.15) is 0 Å². The van der Waals surface area contributed by atoms with Crippen LogP contribution in [-0.2, 0) is 9.31 Å². The van der Waals surface area contributed by atoms with Crippen LogP contribution in [-0.4, -0.2) is 23.3 Å². The number of rotatable bonds is 1. The van der Waals surface area contributed by atoms with E-state index in [4.69, 9.17) is 14.3 Å². The minimum Gasteiger partial charge on any atom is -0.399 e. The molecule has 0 spiro atoms. The molecule has 0 atom stereocenters. The molecule has 5 rings (SSSR count). The van der Waals surface area contributed by atoms with Crippen molar-refractivity contribution in [1.82, 2.24) is 4.98 Å². The first-order chi connectivity index (χ1) is 12.9. The lowest BCUT2D eigenvalue weighted by Crippen LogP contribution is -2.41. The zero-order chi connectivity index (χ0) is 18.8. The molecule has 1 saturated heterocycles. The first-order valence-electron chi connectivity index (χ1n) is 9.42. The van der Waals surface area contributed by atoms with Gasteiger partial charge in [0.1, 0.15) is 0 Å². The van der Waals surface area contributed by atoms with Crippen LogP contribution in [0.4, 0.5) is 0 Å². The fourth-order valence-corrected chi connectivity index (χ4v) is 3.91. The molecule has 27 heavy (non-hydrogen) atoms. The molecule has 1 aliphatic heterocycles. The lowest BCUT2D eigenvalue weighted by Gasteiger charge is -2.32. The summed E-state index contributed by atoms with van der Waals surface area (Å²) in [7, 11) is -0.434. The highest BCUT2D eigenvalue weighted by molar-refractivity contribution is 6.65. The summed E-state index contributed by atoms with van der Waals surface area (Å²) in [5, 5.41) is 6.01. The molecule has 4 aromatic rings. The van der Waals surface area contributed by atoms with Crippen molar-refractivity contribution in [2.75, 3.05) is 0 Å². The largest absolute Gasteiger partial charge is 0.497 e. The van der Waals surface area contributed by atoms with Gasteiger partial charge in [-0.25, -0.2) is 0 Å². The summed E-state index contributed by atoms with van der Waals surface area (Å²) in [5.41, 5.74) is 1.17. The van der Waals surface area contributed by atoms with Crippen molar-refractivity contribution in [1.29, 1.82) is 0 Å². The van der Waals surface area contributed by atoms with Crippen molar-refractivity contribution in [2.45, 2.75) is 38.9 Å². The molecule has 4 heteroatoms. The van der Waals surface area contributed by atoms with Crippen LogP contribution in [0.15, 0.2) is 60.8 Å². The topological polar surface area (TPSA) is 31.4 Å². The van der Waals surface area contributed by atoms with E-state index in [1.54, 1.807) is 0 Å². The van der Waals surface area contributed by atoms with E-state index in [1.165, 1.54) is 21.5 Å². The number of aromatic nitrogens is 1. The summed E-state index contributed by atoms with van der Waals surface area (Å²) in [5.74, 6) is 0. The maximum absolute atomic E-state index is 6.36. The van der Waals surface area contributed by atoms with Gasteiger partial charge in [-0.3, -0.25) is 4.98 Å². The number of fused-ring (bicyclic) bond motifs is 5. The molecule has 3 nitrogen and oxygen atoms in total. The smallest absolute Gasteiger partial charge is 0.399 e. The molecule has 1 fully saturated rings. The lowest BCUT2D eigenvalue weighted by molar-refractivity contribution is 0.00578. The Balaban J connectivity index is 1.85. The predicted octanol–water partition coefficient (Wildman–Crippen LogP) is 4.84. The summed E-state index contributed by atoms with van der Waals surface area (Å²) < 4.78 is 12.7. The molecule has 1 aliphatic rings. The Labute approximate surface area is 159 Å². The normalized spacial score (nSPS) is 18.6. The van der Waals surface area contributed by atoms with Crippen LogP contribution >= 0.6 is 0 Å². The first-order valence-corrected chi connectivity index (χ1v) is 9.42. The number of hydrogen-bond donors (Lipinski definition) is 0. The monoisotopic (exact) mass is 355 g/mol. The van der Waals surface area contributed by atoms with Crippen LogP contribution in [0, 0.1) is 0 Å². The molecule has 0 radical (unpaired) electrons. The van der Waals surface area contributed by atoms with E-state index in [0.29, 0.717) is 0 Å². The van der Waals surface area contributed by atoms with E-state index in [0.717, 1.165) is 16.4 Å². The van der Waals surface area contributed by atoms with Gasteiger partial charge in [0.15, 0.2) is 0 Å². The molecule has 0 saturated carbocycles. The molecule has 2 heterocycles. The summed E-state index contributed by atoms with van der Waals surface area (Å²) >= 11 is 0. The fourth-order valence-electron chi connectivity index (χ4n) is 3.91. The summed E-state index contributed by atoms with van der Waals surface area (Å²) in [6, 6.07) is 19.2. The van der Waals surface area contributed by atoms with Crippen molar-refractivity contribution < 1.29 is 9.31 Å². The highest BCUT2D eigenvalue weighted by Gasteiger charge is 2.52. The molecular formula is C23H22BNO2. The second kappa shape index (κ2) is 5.54. The van der Waals surface area contributed by atoms with E-state index < -0.39 is 7.12 Å². The molecule has 0 amide bonds. The molecule has 0 N–H and O–H groups in total. The molecule has 0 aliphatic carbocycles. The fraction of sp³-hybridized carbons (Fsp3) is 0.261. The molecule has 134 valence electrons. The Bertz CT molecular complexity index is 1180. The van der Waals surface area contributed by atoms with Crippen LogP contribution in [0.5, 0.6) is 0 Å². The summed E-state index contributed by atoms with van der Waals surface area (Å²) in [4.78, 5) is 4.69. The second-order valence-electron chi connectivity index (χ2n) is 8.34. The molecule has 0 unspecified atom stereocenters. The number of nitrogens with zero attached hydrogens (tertiary/aromatic N) is 1. The van der Waals surface area contributed by atoms with Gasteiger partial charge in [0.2, 0.25) is 0 Å². The van der Waals surface area contributed by atoms with E-state index in [-0.39, 0.29) is 11.2 Å². The highest BCUT2D eigenvalue weighted by Crippen LogP contribution is 2.38. The van der Waals surface area contributed by atoms with Gasteiger partial charge in [0.25, 0.3) is 0 Å². The Kier molecular flexibility index (Phi) is 3.43. The van der Waals surface area contributed by atoms with E-state index in [9.17, 15) is 0 Å². The minimum absolute atomic E-state index is 0.382. The van der Waals surface area contributed by atoms with E-state index in [2.05, 4.69) is 76.2 Å². The van der Waals surface area contributed by atoms with Gasteiger partial charge in [-0.15, -0.1) is 0 Å². The van der Waals surface area contributed by atoms with Gasteiger partial charge in [0.05, 0.1) is 16.7 Å². The zero-order valence-corrected chi connectivity index (χ0v) is 16.1. The second-order valence-corrected chi connectivity index (χ2v) is 8.34. The third-order valence-electron chi connectivity index (χ3n) is 6.15. The SMILES string of the molecule is CC1(C)OB(c2cc3c4ccccc4ccc3c3cccnc23)OC1(C)C. The Morgan fingerprint density at radius 3 is 2.22 bits per heavy atom. The number of benzene rings is 3. The zero-order valence-electron chi connectivity index (χ0n) is 16.1. The molecule has 1 aromatic heterocycles. The maximum Gasteiger partial charge on any atom is 0.497 e. The van der Waals surface area contributed by atoms with Crippen molar-refractivity contribution in [3.05, 3.63) is 60.8 Å².